The summed E-state index contributed by atoms with van der Waals surface area (Å²) < 4.78 is 4.70. The number of aromatic nitrogens is 1. The van der Waals surface area contributed by atoms with E-state index in [0.29, 0.717) is 5.75 Å². The van der Waals surface area contributed by atoms with Gasteiger partial charge in [-0.05, 0) is 36.4 Å². The Balaban J connectivity index is 2.20. The predicted octanol–water partition coefficient (Wildman–Crippen LogP) is 1.10. The molecule has 0 unspecified atom stereocenters. The van der Waals surface area contributed by atoms with E-state index in [1.54, 1.807) is 30.5 Å². The minimum atomic E-state index is -1.79. The normalized spacial score (nSPS) is 9.88. The van der Waals surface area contributed by atoms with Crippen molar-refractivity contribution in [3.8, 4) is 17.0 Å². The van der Waals surface area contributed by atoms with Crippen LogP contribution in [0, 0.1) is 0 Å². The third-order valence-corrected chi connectivity index (χ3v) is 2.06. The lowest BCUT2D eigenvalue weighted by atomic mass is 10.1. The standard InChI is InChI=1S/C11H10BNO3/c14-12(15)16-10-6-4-9(5-7-10)11-3-1-2-8-13-11/h1-8,14-15H. The van der Waals surface area contributed by atoms with Crippen LogP contribution in [0.1, 0.15) is 0 Å². The lowest BCUT2D eigenvalue weighted by Gasteiger charge is -2.05. The largest absolute Gasteiger partial charge is 0.707 e. The number of hydrogen-bond acceptors (Lipinski definition) is 4. The fraction of sp³-hybridized carbons (Fsp3) is 0. The van der Waals surface area contributed by atoms with Gasteiger partial charge in [-0.2, -0.15) is 0 Å². The van der Waals surface area contributed by atoms with Crippen LogP contribution in [0.4, 0.5) is 0 Å². The van der Waals surface area contributed by atoms with Crippen molar-refractivity contribution in [1.29, 1.82) is 0 Å². The van der Waals surface area contributed by atoms with E-state index in [1.807, 2.05) is 18.2 Å². The first-order valence-corrected chi connectivity index (χ1v) is 4.80. The summed E-state index contributed by atoms with van der Waals surface area (Å²) in [7, 11) is -1.79. The fourth-order valence-corrected chi connectivity index (χ4v) is 1.36. The lowest BCUT2D eigenvalue weighted by Crippen LogP contribution is -2.20. The van der Waals surface area contributed by atoms with Crippen LogP contribution >= 0.6 is 0 Å². The molecule has 1 aromatic heterocycles. The third kappa shape index (κ3) is 2.59. The summed E-state index contributed by atoms with van der Waals surface area (Å²) in [6, 6.07) is 12.6. The summed E-state index contributed by atoms with van der Waals surface area (Å²) in [5.41, 5.74) is 1.80. The van der Waals surface area contributed by atoms with Crippen LogP contribution in [0.2, 0.25) is 0 Å². The molecule has 0 amide bonds. The van der Waals surface area contributed by atoms with E-state index in [0.717, 1.165) is 11.3 Å². The number of pyridine rings is 1. The van der Waals surface area contributed by atoms with E-state index >= 15 is 0 Å². The van der Waals surface area contributed by atoms with E-state index < -0.39 is 7.32 Å². The second kappa shape index (κ2) is 4.78. The van der Waals surface area contributed by atoms with Gasteiger partial charge in [0.25, 0.3) is 0 Å². The van der Waals surface area contributed by atoms with Crippen LogP contribution in [0.25, 0.3) is 11.3 Å². The highest BCUT2D eigenvalue weighted by Gasteiger charge is 2.10. The molecule has 5 heteroatoms. The maximum atomic E-state index is 8.61. The van der Waals surface area contributed by atoms with E-state index in [9.17, 15) is 0 Å². The van der Waals surface area contributed by atoms with Crippen molar-refractivity contribution in [3.05, 3.63) is 48.7 Å². The third-order valence-electron chi connectivity index (χ3n) is 2.06. The summed E-state index contributed by atoms with van der Waals surface area (Å²) in [6.45, 7) is 0. The first-order valence-electron chi connectivity index (χ1n) is 4.80. The van der Waals surface area contributed by atoms with E-state index in [2.05, 4.69) is 4.98 Å². The van der Waals surface area contributed by atoms with Crippen LogP contribution in [-0.4, -0.2) is 22.4 Å². The Morgan fingerprint density at radius 1 is 1.00 bits per heavy atom. The molecule has 4 nitrogen and oxygen atoms in total. The Hall–Kier alpha value is -1.85. The Morgan fingerprint density at radius 3 is 2.31 bits per heavy atom. The van der Waals surface area contributed by atoms with Crippen molar-refractivity contribution in [2.24, 2.45) is 0 Å². The zero-order valence-corrected chi connectivity index (χ0v) is 8.45. The summed E-state index contributed by atoms with van der Waals surface area (Å²) in [4.78, 5) is 4.20. The van der Waals surface area contributed by atoms with Crippen molar-refractivity contribution in [2.75, 3.05) is 0 Å². The van der Waals surface area contributed by atoms with Crippen LogP contribution in [0.5, 0.6) is 5.75 Å². The smallest absolute Gasteiger partial charge is 0.512 e. The number of benzene rings is 1. The van der Waals surface area contributed by atoms with Crippen LogP contribution in [0.15, 0.2) is 48.7 Å². The predicted molar refractivity (Wildman–Crippen MR) is 60.5 cm³/mol. The van der Waals surface area contributed by atoms with Crippen molar-refractivity contribution in [3.63, 3.8) is 0 Å². The minimum absolute atomic E-state index is 0.398. The summed E-state index contributed by atoms with van der Waals surface area (Å²) >= 11 is 0. The molecule has 0 fully saturated rings. The van der Waals surface area contributed by atoms with Crippen molar-refractivity contribution >= 4 is 7.32 Å². The van der Waals surface area contributed by atoms with Gasteiger partial charge in [0.1, 0.15) is 5.75 Å². The topological polar surface area (TPSA) is 62.6 Å². The molecule has 2 aromatic rings. The molecule has 0 spiro atoms. The van der Waals surface area contributed by atoms with Crippen LogP contribution in [-0.2, 0) is 0 Å². The van der Waals surface area contributed by atoms with Gasteiger partial charge in [0.2, 0.25) is 0 Å². The first-order chi connectivity index (χ1) is 7.75. The van der Waals surface area contributed by atoms with Crippen molar-refractivity contribution < 1.29 is 14.7 Å². The molecule has 0 radical (unpaired) electrons. The Labute approximate surface area is 93.3 Å². The highest BCUT2D eigenvalue weighted by molar-refractivity contribution is 6.33. The monoisotopic (exact) mass is 215 g/mol. The molecule has 1 aromatic carbocycles. The number of hydrogen-bond donors (Lipinski definition) is 2. The SMILES string of the molecule is OB(O)Oc1ccc(-c2ccccn2)cc1. The molecule has 0 atom stereocenters. The number of nitrogens with zero attached hydrogens (tertiary/aromatic N) is 1. The second-order valence-corrected chi connectivity index (χ2v) is 3.18. The molecule has 0 saturated carbocycles. The van der Waals surface area contributed by atoms with Crippen molar-refractivity contribution in [1.82, 2.24) is 4.98 Å². The Morgan fingerprint density at radius 2 is 1.75 bits per heavy atom. The molecule has 0 aliphatic heterocycles. The molecule has 80 valence electrons. The van der Waals surface area contributed by atoms with E-state index in [1.165, 1.54) is 0 Å². The fourth-order valence-electron chi connectivity index (χ4n) is 1.36. The van der Waals surface area contributed by atoms with E-state index in [-0.39, 0.29) is 0 Å². The van der Waals surface area contributed by atoms with Gasteiger partial charge in [-0.15, -0.1) is 0 Å². The average Bonchev–Trinajstić information content (AvgIpc) is 2.30. The molecule has 0 saturated heterocycles. The van der Waals surface area contributed by atoms with Gasteiger partial charge in [0.05, 0.1) is 5.69 Å². The molecule has 0 aliphatic carbocycles. The average molecular weight is 215 g/mol. The van der Waals surface area contributed by atoms with Gasteiger partial charge in [0, 0.05) is 11.8 Å². The zero-order valence-electron chi connectivity index (χ0n) is 8.45. The quantitative estimate of drug-likeness (QED) is 0.752. The van der Waals surface area contributed by atoms with E-state index in [4.69, 9.17) is 14.7 Å². The molecule has 0 aliphatic rings. The van der Waals surface area contributed by atoms with Gasteiger partial charge in [-0.1, -0.05) is 6.07 Å². The summed E-state index contributed by atoms with van der Waals surface area (Å²) in [5, 5.41) is 17.2. The van der Waals surface area contributed by atoms with Gasteiger partial charge in [-0.3, -0.25) is 4.98 Å². The molecule has 1 heterocycles. The molecule has 0 bridgehead atoms. The van der Waals surface area contributed by atoms with Crippen molar-refractivity contribution in [2.45, 2.75) is 0 Å². The molecular formula is C11H10BNO3. The minimum Gasteiger partial charge on any atom is -0.512 e. The first kappa shape index (κ1) is 10.7. The maximum absolute atomic E-state index is 8.61. The highest BCUT2D eigenvalue weighted by Crippen LogP contribution is 2.20. The van der Waals surface area contributed by atoms with Crippen LogP contribution < -0.4 is 4.65 Å². The Kier molecular flexibility index (Phi) is 3.19. The highest BCUT2D eigenvalue weighted by atomic mass is 16.6. The second-order valence-electron chi connectivity index (χ2n) is 3.18. The lowest BCUT2D eigenvalue weighted by molar-refractivity contribution is 0.288. The molecule has 2 rings (SSSR count). The maximum Gasteiger partial charge on any atom is 0.707 e. The van der Waals surface area contributed by atoms with Gasteiger partial charge in [-0.25, -0.2) is 0 Å². The van der Waals surface area contributed by atoms with Gasteiger partial charge in [0.15, 0.2) is 0 Å². The molecule has 2 N–H and O–H groups in total. The zero-order chi connectivity index (χ0) is 11.4. The molecular weight excluding hydrogens is 205 g/mol. The molecule has 16 heavy (non-hydrogen) atoms. The number of rotatable bonds is 3. The summed E-state index contributed by atoms with van der Waals surface area (Å²) in [6.07, 6.45) is 1.72. The van der Waals surface area contributed by atoms with Gasteiger partial charge >= 0.3 is 7.32 Å². The van der Waals surface area contributed by atoms with Crippen LogP contribution in [0.3, 0.4) is 0 Å². The Bertz CT molecular complexity index is 445. The summed E-state index contributed by atoms with van der Waals surface area (Å²) in [5.74, 6) is 0.398. The van der Waals surface area contributed by atoms with Gasteiger partial charge < -0.3 is 14.7 Å².